The van der Waals surface area contributed by atoms with Crippen molar-refractivity contribution in [3.8, 4) is 51.0 Å². The summed E-state index contributed by atoms with van der Waals surface area (Å²) >= 11 is 0. The van der Waals surface area contributed by atoms with Crippen molar-refractivity contribution in [1.29, 1.82) is 0 Å². The number of aromatic hydroxyl groups is 1. The zero-order valence-electron chi connectivity index (χ0n) is 19.0. The number of fused-ring (bicyclic) bond motifs is 1. The van der Waals surface area contributed by atoms with Crippen molar-refractivity contribution in [2.45, 2.75) is 0 Å². The van der Waals surface area contributed by atoms with Crippen LogP contribution in [0.2, 0.25) is 0 Å². The van der Waals surface area contributed by atoms with Gasteiger partial charge < -0.3 is 9.84 Å². The van der Waals surface area contributed by atoms with Gasteiger partial charge in [0.25, 0.3) is 0 Å². The van der Waals surface area contributed by atoms with Crippen LogP contribution < -0.4 is 4.74 Å². The molecular weight excluding hydrogens is 436 g/mol. The highest BCUT2D eigenvalue weighted by molar-refractivity contribution is 6.07. The third kappa shape index (κ3) is 3.52. The van der Waals surface area contributed by atoms with E-state index in [2.05, 4.69) is 15.2 Å². The maximum absolute atomic E-state index is 11.4. The number of benzene rings is 3. The minimum Gasteiger partial charge on any atom is -0.497 e. The molecule has 3 heterocycles. The van der Waals surface area contributed by atoms with Crippen LogP contribution >= 0.6 is 0 Å². The number of aromatic nitrogens is 4. The summed E-state index contributed by atoms with van der Waals surface area (Å²) < 4.78 is 7.19. The SMILES string of the molecule is COc1ccc(-c2n[nH]c3c(O)n(-c4ccc(-c5cccnc5)cc4)c(-c4ccccc4)c23)cc1. The molecule has 2 N–H and O–H groups in total. The molecule has 3 aromatic carbocycles. The van der Waals surface area contributed by atoms with E-state index in [1.807, 2.05) is 102 Å². The number of hydrogen-bond acceptors (Lipinski definition) is 4. The number of H-pyrrole nitrogens is 1. The zero-order chi connectivity index (χ0) is 23.8. The number of hydrogen-bond donors (Lipinski definition) is 2. The van der Waals surface area contributed by atoms with E-state index >= 15 is 0 Å². The fourth-order valence-corrected chi connectivity index (χ4v) is 4.48. The topological polar surface area (TPSA) is 76.0 Å². The Labute approximate surface area is 202 Å². The molecule has 6 aromatic rings. The van der Waals surface area contributed by atoms with Crippen LogP contribution in [0.4, 0.5) is 0 Å². The first kappa shape index (κ1) is 20.7. The standard InChI is InChI=1S/C29H22N4O2/c1-35-24-15-11-20(12-16-24)26-25-27(32-31-26)29(34)33(28(25)21-6-3-2-4-7-21)23-13-9-19(10-14-23)22-8-5-17-30-18-22/h2-18,32,34H,1H3. The Balaban J connectivity index is 1.57. The van der Waals surface area contributed by atoms with Crippen LogP contribution in [0.15, 0.2) is 103 Å². The molecule has 170 valence electrons. The van der Waals surface area contributed by atoms with Crippen LogP contribution in [0.25, 0.3) is 50.2 Å². The van der Waals surface area contributed by atoms with Crippen LogP contribution in [0.5, 0.6) is 11.6 Å². The lowest BCUT2D eigenvalue weighted by Crippen LogP contribution is -1.97. The molecule has 3 aromatic heterocycles. The minimum atomic E-state index is 0.111. The Hall–Kier alpha value is -4.84. The van der Waals surface area contributed by atoms with E-state index in [9.17, 15) is 5.11 Å². The van der Waals surface area contributed by atoms with Gasteiger partial charge in [-0.1, -0.05) is 48.5 Å². The summed E-state index contributed by atoms with van der Waals surface area (Å²) in [7, 11) is 1.65. The number of nitrogens with zero attached hydrogens (tertiary/aromatic N) is 3. The molecule has 0 aliphatic rings. The second kappa shape index (κ2) is 8.50. The Morgan fingerprint density at radius 3 is 2.17 bits per heavy atom. The minimum absolute atomic E-state index is 0.111. The Morgan fingerprint density at radius 1 is 0.771 bits per heavy atom. The molecule has 0 spiro atoms. The maximum Gasteiger partial charge on any atom is 0.222 e. The van der Waals surface area contributed by atoms with Gasteiger partial charge in [0, 0.05) is 23.6 Å². The quantitative estimate of drug-likeness (QED) is 0.311. The molecule has 0 aliphatic carbocycles. The molecule has 0 fully saturated rings. The van der Waals surface area contributed by atoms with Gasteiger partial charge in [0.1, 0.15) is 17.0 Å². The number of methoxy groups -OCH3 is 1. The summed E-state index contributed by atoms with van der Waals surface area (Å²) in [5.74, 6) is 0.887. The second-order valence-corrected chi connectivity index (χ2v) is 8.21. The number of rotatable bonds is 5. The van der Waals surface area contributed by atoms with Crippen LogP contribution in [0.3, 0.4) is 0 Å². The Morgan fingerprint density at radius 2 is 1.49 bits per heavy atom. The van der Waals surface area contributed by atoms with E-state index in [4.69, 9.17) is 4.74 Å². The first-order valence-corrected chi connectivity index (χ1v) is 11.3. The van der Waals surface area contributed by atoms with Gasteiger partial charge in [0.05, 0.1) is 18.2 Å². The van der Waals surface area contributed by atoms with Crippen molar-refractivity contribution in [1.82, 2.24) is 19.7 Å². The lowest BCUT2D eigenvalue weighted by Gasteiger charge is -2.13. The maximum atomic E-state index is 11.4. The molecule has 0 bridgehead atoms. The first-order valence-electron chi connectivity index (χ1n) is 11.3. The van der Waals surface area contributed by atoms with Crippen LogP contribution in [-0.2, 0) is 0 Å². The van der Waals surface area contributed by atoms with E-state index in [0.717, 1.165) is 50.5 Å². The van der Waals surface area contributed by atoms with Crippen molar-refractivity contribution in [3.63, 3.8) is 0 Å². The highest BCUT2D eigenvalue weighted by Crippen LogP contribution is 2.43. The molecule has 35 heavy (non-hydrogen) atoms. The molecule has 0 unspecified atom stereocenters. The Bertz CT molecular complexity index is 1600. The molecule has 6 heteroatoms. The molecule has 0 amide bonds. The highest BCUT2D eigenvalue weighted by Gasteiger charge is 2.25. The monoisotopic (exact) mass is 458 g/mol. The molecular formula is C29H22N4O2. The van der Waals surface area contributed by atoms with Gasteiger partial charge >= 0.3 is 0 Å². The van der Waals surface area contributed by atoms with E-state index in [-0.39, 0.29) is 5.88 Å². The van der Waals surface area contributed by atoms with Crippen molar-refractivity contribution < 1.29 is 9.84 Å². The van der Waals surface area contributed by atoms with Gasteiger partial charge in [-0.3, -0.25) is 14.6 Å². The number of ether oxygens (including phenoxy) is 1. The lowest BCUT2D eigenvalue weighted by atomic mass is 10.0. The van der Waals surface area contributed by atoms with Crippen LogP contribution in [-0.4, -0.2) is 32.0 Å². The normalized spacial score (nSPS) is 11.1. The zero-order valence-corrected chi connectivity index (χ0v) is 19.0. The number of nitrogens with one attached hydrogen (secondary N) is 1. The molecule has 0 aliphatic heterocycles. The third-order valence-corrected chi connectivity index (χ3v) is 6.19. The van der Waals surface area contributed by atoms with Crippen LogP contribution in [0, 0.1) is 0 Å². The molecule has 0 atom stereocenters. The number of aromatic amines is 1. The van der Waals surface area contributed by atoms with E-state index < -0.39 is 0 Å². The smallest absolute Gasteiger partial charge is 0.222 e. The molecule has 0 saturated heterocycles. The first-order chi connectivity index (χ1) is 17.2. The van der Waals surface area contributed by atoms with Crippen LogP contribution in [0.1, 0.15) is 0 Å². The molecule has 0 radical (unpaired) electrons. The Kier molecular flexibility index (Phi) is 5.04. The molecule has 6 nitrogen and oxygen atoms in total. The van der Waals surface area contributed by atoms with Crippen molar-refractivity contribution in [2.24, 2.45) is 0 Å². The largest absolute Gasteiger partial charge is 0.497 e. The van der Waals surface area contributed by atoms with Gasteiger partial charge in [0.15, 0.2) is 0 Å². The summed E-state index contributed by atoms with van der Waals surface area (Å²) in [6.45, 7) is 0. The summed E-state index contributed by atoms with van der Waals surface area (Å²) in [6, 6.07) is 29.9. The van der Waals surface area contributed by atoms with E-state index in [1.54, 1.807) is 13.3 Å². The summed E-state index contributed by atoms with van der Waals surface area (Å²) in [6.07, 6.45) is 3.60. The average molecular weight is 459 g/mol. The van der Waals surface area contributed by atoms with Gasteiger partial charge in [-0.2, -0.15) is 5.10 Å². The van der Waals surface area contributed by atoms with Gasteiger partial charge in [-0.15, -0.1) is 0 Å². The lowest BCUT2D eigenvalue weighted by molar-refractivity contribution is 0.415. The van der Waals surface area contributed by atoms with Crippen molar-refractivity contribution in [2.75, 3.05) is 7.11 Å². The second-order valence-electron chi connectivity index (χ2n) is 8.21. The van der Waals surface area contributed by atoms with Crippen molar-refractivity contribution in [3.05, 3.63) is 103 Å². The van der Waals surface area contributed by atoms with Crippen molar-refractivity contribution >= 4 is 10.9 Å². The van der Waals surface area contributed by atoms with Gasteiger partial charge in [0.2, 0.25) is 5.88 Å². The summed E-state index contributed by atoms with van der Waals surface area (Å²) in [5, 5.41) is 19.9. The highest BCUT2D eigenvalue weighted by atomic mass is 16.5. The summed E-state index contributed by atoms with van der Waals surface area (Å²) in [5.41, 5.74) is 7.07. The van der Waals surface area contributed by atoms with Gasteiger partial charge in [-0.25, -0.2) is 0 Å². The predicted octanol–water partition coefficient (Wildman–Crippen LogP) is 6.46. The average Bonchev–Trinajstić information content (AvgIpc) is 3.49. The molecule has 0 saturated carbocycles. The summed E-state index contributed by atoms with van der Waals surface area (Å²) in [4.78, 5) is 4.22. The third-order valence-electron chi connectivity index (χ3n) is 6.19. The molecule has 6 rings (SSSR count). The fourth-order valence-electron chi connectivity index (χ4n) is 4.48. The van der Waals surface area contributed by atoms with E-state index in [1.165, 1.54) is 0 Å². The van der Waals surface area contributed by atoms with E-state index in [0.29, 0.717) is 5.52 Å². The number of pyridine rings is 1. The fraction of sp³-hybridized carbons (Fsp3) is 0.0345. The van der Waals surface area contributed by atoms with Gasteiger partial charge in [-0.05, 0) is 59.2 Å². The predicted molar refractivity (Wildman–Crippen MR) is 138 cm³/mol.